The zero-order valence-electron chi connectivity index (χ0n) is 22.0. The highest BCUT2D eigenvalue weighted by atomic mass is 35.5. The molecule has 0 atom stereocenters. The molecule has 1 aromatic carbocycles. The minimum absolute atomic E-state index is 0. The van der Waals surface area contributed by atoms with E-state index in [9.17, 15) is 4.79 Å². The van der Waals surface area contributed by atoms with Gasteiger partial charge in [0.25, 0.3) is 0 Å². The highest BCUT2D eigenvalue weighted by Gasteiger charge is 2.16. The summed E-state index contributed by atoms with van der Waals surface area (Å²) < 4.78 is 2.07. The number of hydrogen-bond acceptors (Lipinski definition) is 2. The summed E-state index contributed by atoms with van der Waals surface area (Å²) in [7, 11) is 0. The molecule has 192 valence electrons. The van der Waals surface area contributed by atoms with E-state index in [2.05, 4.69) is 73.0 Å². The molecule has 0 radical (unpaired) electrons. The van der Waals surface area contributed by atoms with Gasteiger partial charge in [-0.1, -0.05) is 111 Å². The van der Waals surface area contributed by atoms with Crippen LogP contribution < -0.4 is 10.6 Å². The first kappa shape index (κ1) is 30.0. The number of carbonyl (C=O) groups is 1. The van der Waals surface area contributed by atoms with E-state index < -0.39 is 0 Å². The second-order valence-corrected chi connectivity index (χ2v) is 9.88. The molecular formula is C28H47ClN4O. The van der Waals surface area contributed by atoms with Crippen molar-refractivity contribution in [2.75, 3.05) is 10.6 Å². The first-order chi connectivity index (χ1) is 15.9. The van der Waals surface area contributed by atoms with E-state index in [4.69, 9.17) is 0 Å². The second-order valence-electron chi connectivity index (χ2n) is 9.88. The van der Waals surface area contributed by atoms with E-state index in [0.717, 1.165) is 29.8 Å². The van der Waals surface area contributed by atoms with Crippen LogP contribution in [0, 0.1) is 0 Å². The number of rotatable bonds is 15. The third-order valence-corrected chi connectivity index (χ3v) is 6.26. The average molecular weight is 491 g/mol. The Morgan fingerprint density at radius 2 is 1.38 bits per heavy atom. The van der Waals surface area contributed by atoms with Gasteiger partial charge in [-0.25, -0.2) is 9.78 Å². The van der Waals surface area contributed by atoms with Crippen molar-refractivity contribution in [2.24, 2.45) is 0 Å². The van der Waals surface area contributed by atoms with E-state index in [1.165, 1.54) is 57.8 Å². The predicted molar refractivity (Wildman–Crippen MR) is 149 cm³/mol. The van der Waals surface area contributed by atoms with Crippen LogP contribution in [-0.4, -0.2) is 15.6 Å². The van der Waals surface area contributed by atoms with Gasteiger partial charge in [-0.3, -0.25) is 5.32 Å². The fourth-order valence-electron chi connectivity index (χ4n) is 4.29. The molecule has 0 saturated heterocycles. The zero-order chi connectivity index (χ0) is 24.1. The second kappa shape index (κ2) is 16.6. The number of anilines is 2. The monoisotopic (exact) mass is 490 g/mol. The molecule has 0 bridgehead atoms. The Morgan fingerprint density at radius 1 is 0.853 bits per heavy atom. The van der Waals surface area contributed by atoms with Crippen LogP contribution in [0.15, 0.2) is 30.7 Å². The van der Waals surface area contributed by atoms with E-state index in [-0.39, 0.29) is 18.4 Å². The zero-order valence-corrected chi connectivity index (χ0v) is 22.8. The third-order valence-electron chi connectivity index (χ3n) is 6.26. The summed E-state index contributed by atoms with van der Waals surface area (Å²) in [5.41, 5.74) is 3.23. The lowest BCUT2D eigenvalue weighted by Gasteiger charge is -2.20. The smallest absolute Gasteiger partial charge is 0.324 e. The van der Waals surface area contributed by atoms with Crippen LogP contribution in [0.1, 0.15) is 122 Å². The molecule has 0 fully saturated rings. The van der Waals surface area contributed by atoms with Crippen LogP contribution in [-0.2, 0) is 6.54 Å². The Hall–Kier alpha value is -2.01. The molecule has 6 heteroatoms. The highest BCUT2D eigenvalue weighted by molar-refractivity contribution is 6.00. The molecule has 0 aliphatic carbocycles. The molecule has 0 aliphatic heterocycles. The molecule has 5 nitrogen and oxygen atoms in total. The molecule has 2 N–H and O–H groups in total. The van der Waals surface area contributed by atoms with Crippen molar-refractivity contribution in [1.29, 1.82) is 0 Å². The van der Waals surface area contributed by atoms with Crippen molar-refractivity contribution in [3.63, 3.8) is 0 Å². The maximum Gasteiger partial charge on any atom is 0.324 e. The number of urea groups is 1. The number of aryl methyl sites for hydroxylation is 1. The molecule has 34 heavy (non-hydrogen) atoms. The molecule has 0 saturated carbocycles. The molecule has 2 amide bonds. The van der Waals surface area contributed by atoms with Crippen LogP contribution in [0.5, 0.6) is 0 Å². The van der Waals surface area contributed by atoms with Crippen LogP contribution >= 0.6 is 12.4 Å². The SMILES string of the molecule is CCCCCCCCCCCCn1cnc(NC(=O)Nc2c(C(C)C)cccc2C(C)C)c1.Cl. The highest BCUT2D eigenvalue weighted by Crippen LogP contribution is 2.32. The average Bonchev–Trinajstić information content (AvgIpc) is 3.21. The lowest BCUT2D eigenvalue weighted by molar-refractivity contribution is 0.262. The molecule has 0 unspecified atom stereocenters. The van der Waals surface area contributed by atoms with Crippen LogP contribution in [0.4, 0.5) is 16.3 Å². The van der Waals surface area contributed by atoms with Crippen molar-refractivity contribution < 1.29 is 4.79 Å². The van der Waals surface area contributed by atoms with Gasteiger partial charge in [0.1, 0.15) is 0 Å². The predicted octanol–water partition coefficient (Wildman–Crippen LogP) is 9.12. The Bertz CT molecular complexity index is 805. The number of nitrogens with one attached hydrogen (secondary N) is 2. The molecule has 2 rings (SSSR count). The number of hydrogen-bond donors (Lipinski definition) is 2. The van der Waals surface area contributed by atoms with Gasteiger partial charge < -0.3 is 9.88 Å². The number of unbranched alkanes of at least 4 members (excludes halogenated alkanes) is 9. The standard InChI is InChI=1S/C28H46N4O.ClH/c1-6-7-8-9-10-11-12-13-14-15-19-32-20-26(29-21-32)30-28(33)31-27-24(22(2)3)17-16-18-25(27)23(4)5;/h16-18,20-23H,6-15,19H2,1-5H3,(H2,30,31,33);1H. The maximum absolute atomic E-state index is 12.7. The van der Waals surface area contributed by atoms with Gasteiger partial charge in [-0.05, 0) is 29.4 Å². The normalized spacial score (nSPS) is 11.0. The molecule has 1 aromatic heterocycles. The van der Waals surface area contributed by atoms with Gasteiger partial charge in [-0.2, -0.15) is 0 Å². The number of carbonyl (C=O) groups excluding carboxylic acids is 1. The van der Waals surface area contributed by atoms with Crippen LogP contribution in [0.3, 0.4) is 0 Å². The number of nitrogens with zero attached hydrogens (tertiary/aromatic N) is 2. The number of benzene rings is 1. The van der Waals surface area contributed by atoms with E-state index in [1.807, 2.05) is 12.5 Å². The van der Waals surface area contributed by atoms with Crippen molar-refractivity contribution in [2.45, 2.75) is 117 Å². The number of aromatic nitrogens is 2. The summed E-state index contributed by atoms with van der Waals surface area (Å²) in [6.07, 6.45) is 17.0. The number of halogens is 1. The number of imidazole rings is 1. The van der Waals surface area contributed by atoms with Gasteiger partial charge in [0.05, 0.1) is 6.33 Å². The minimum atomic E-state index is -0.241. The molecule has 0 aliphatic rings. The summed E-state index contributed by atoms with van der Waals surface area (Å²) in [4.78, 5) is 17.1. The largest absolute Gasteiger partial charge is 0.335 e. The maximum atomic E-state index is 12.7. The summed E-state index contributed by atoms with van der Waals surface area (Å²) >= 11 is 0. The first-order valence-corrected chi connectivity index (χ1v) is 13.1. The Labute approximate surface area is 213 Å². The van der Waals surface area contributed by atoms with E-state index >= 15 is 0 Å². The van der Waals surface area contributed by atoms with Crippen molar-refractivity contribution in [3.05, 3.63) is 41.9 Å². The third kappa shape index (κ3) is 10.5. The first-order valence-electron chi connectivity index (χ1n) is 13.1. The molecule has 1 heterocycles. The fraction of sp³-hybridized carbons (Fsp3) is 0.643. The summed E-state index contributed by atoms with van der Waals surface area (Å²) in [5.74, 6) is 1.26. The van der Waals surface area contributed by atoms with E-state index in [1.54, 1.807) is 0 Å². The van der Waals surface area contributed by atoms with Crippen molar-refractivity contribution in [1.82, 2.24) is 9.55 Å². The Balaban J connectivity index is 0.00000578. The van der Waals surface area contributed by atoms with Crippen LogP contribution in [0.2, 0.25) is 0 Å². The van der Waals surface area contributed by atoms with Crippen molar-refractivity contribution in [3.8, 4) is 0 Å². The minimum Gasteiger partial charge on any atom is -0.335 e. The van der Waals surface area contributed by atoms with Gasteiger partial charge in [0.2, 0.25) is 0 Å². The van der Waals surface area contributed by atoms with Gasteiger partial charge >= 0.3 is 6.03 Å². The number of amides is 2. The fourth-order valence-corrected chi connectivity index (χ4v) is 4.29. The summed E-state index contributed by atoms with van der Waals surface area (Å²) in [6.45, 7) is 11.8. The lowest BCUT2D eigenvalue weighted by atomic mass is 9.93. The van der Waals surface area contributed by atoms with Crippen molar-refractivity contribution >= 4 is 29.9 Å². The summed E-state index contributed by atoms with van der Waals surface area (Å²) in [5, 5.41) is 5.99. The van der Waals surface area contributed by atoms with Gasteiger partial charge in [0.15, 0.2) is 5.82 Å². The quantitative estimate of drug-likeness (QED) is 0.244. The molecule has 2 aromatic rings. The van der Waals surface area contributed by atoms with Crippen LogP contribution in [0.25, 0.3) is 0 Å². The Morgan fingerprint density at radius 3 is 1.91 bits per heavy atom. The Kier molecular flexibility index (Phi) is 14.6. The topological polar surface area (TPSA) is 59.0 Å². The lowest BCUT2D eigenvalue weighted by Crippen LogP contribution is -2.22. The van der Waals surface area contributed by atoms with E-state index in [0.29, 0.717) is 17.7 Å². The molecular weight excluding hydrogens is 444 g/mol. The molecule has 0 spiro atoms. The van der Waals surface area contributed by atoms with Gasteiger partial charge in [-0.15, -0.1) is 12.4 Å². The van der Waals surface area contributed by atoms with Gasteiger partial charge in [0, 0.05) is 18.4 Å². The number of para-hydroxylation sites is 1. The summed E-state index contributed by atoms with van der Waals surface area (Å²) in [6, 6.07) is 6.01.